The average molecular weight is 579 g/mol. The van der Waals surface area contributed by atoms with Crippen molar-refractivity contribution in [2.24, 2.45) is 5.92 Å². The number of thiazole rings is 1. The molecule has 1 fully saturated rings. The first kappa shape index (κ1) is 27.1. The minimum atomic E-state index is -0.0972. The fourth-order valence-corrected chi connectivity index (χ4v) is 7.73. The first-order valence-corrected chi connectivity index (χ1v) is 16.2. The Balaban J connectivity index is 1.09. The molecule has 216 valence electrons. The van der Waals surface area contributed by atoms with E-state index >= 15 is 0 Å². The lowest BCUT2D eigenvalue weighted by Gasteiger charge is -2.31. The molecule has 8 heteroatoms. The number of carbonyl (C=O) groups excluding carboxylic acids is 1. The van der Waals surface area contributed by atoms with E-state index in [9.17, 15) is 4.79 Å². The van der Waals surface area contributed by atoms with Crippen molar-refractivity contribution in [2.45, 2.75) is 78.3 Å². The quantitative estimate of drug-likeness (QED) is 0.315. The van der Waals surface area contributed by atoms with Gasteiger partial charge in [-0.15, -0.1) is 0 Å². The van der Waals surface area contributed by atoms with Gasteiger partial charge >= 0.3 is 0 Å². The largest absolute Gasteiger partial charge is 0.352 e. The van der Waals surface area contributed by atoms with E-state index < -0.39 is 0 Å². The summed E-state index contributed by atoms with van der Waals surface area (Å²) in [4.78, 5) is 25.5. The second-order valence-electron chi connectivity index (χ2n) is 12.0. The van der Waals surface area contributed by atoms with Crippen molar-refractivity contribution in [1.29, 1.82) is 0 Å². The molecule has 7 rings (SSSR count). The first-order valence-electron chi connectivity index (χ1n) is 15.4. The molecule has 0 atom stereocenters. The maximum atomic E-state index is 13.5. The molecule has 2 aliphatic carbocycles. The summed E-state index contributed by atoms with van der Waals surface area (Å²) >= 11 is 1.55. The van der Waals surface area contributed by atoms with Crippen LogP contribution in [0.5, 0.6) is 0 Å². The van der Waals surface area contributed by atoms with Gasteiger partial charge in [0.05, 0.1) is 16.1 Å². The monoisotopic (exact) mass is 578 g/mol. The molecule has 3 aromatic heterocycles. The minimum absolute atomic E-state index is 0.0972. The first-order chi connectivity index (χ1) is 20.5. The predicted molar refractivity (Wildman–Crippen MR) is 170 cm³/mol. The molecular weight excluding hydrogens is 540 g/mol. The zero-order valence-electron chi connectivity index (χ0n) is 24.5. The van der Waals surface area contributed by atoms with Gasteiger partial charge in [0, 0.05) is 47.7 Å². The molecule has 1 N–H and O–H groups in total. The number of nitrogens with one attached hydrogen (secondary N) is 1. The van der Waals surface area contributed by atoms with Crippen LogP contribution in [0.4, 0.5) is 10.9 Å². The number of carbonyl (C=O) groups is 1. The highest BCUT2D eigenvalue weighted by Gasteiger charge is 2.24. The smallest absolute Gasteiger partial charge is 0.257 e. The third-order valence-corrected chi connectivity index (χ3v) is 10.2. The number of hydrogen-bond acceptors (Lipinski definition) is 6. The molecule has 4 heterocycles. The lowest BCUT2D eigenvalue weighted by Crippen LogP contribution is -2.33. The van der Waals surface area contributed by atoms with Crippen molar-refractivity contribution >= 4 is 40.3 Å². The van der Waals surface area contributed by atoms with Gasteiger partial charge in [0.15, 0.2) is 5.13 Å². The Labute approximate surface area is 251 Å². The topological polar surface area (TPSA) is 75.9 Å². The van der Waals surface area contributed by atoms with Crippen LogP contribution in [0.3, 0.4) is 0 Å². The number of nitrogens with zero attached hydrogens (tertiary/aromatic N) is 5. The van der Waals surface area contributed by atoms with Gasteiger partial charge in [-0.2, -0.15) is 5.10 Å². The van der Waals surface area contributed by atoms with Gasteiger partial charge in [-0.3, -0.25) is 14.8 Å². The van der Waals surface area contributed by atoms with Crippen molar-refractivity contribution in [3.63, 3.8) is 0 Å². The van der Waals surface area contributed by atoms with E-state index in [1.165, 1.54) is 48.9 Å². The number of aromatic nitrogens is 4. The fraction of sp³-hybridized carbons (Fsp3) is 0.412. The third-order valence-electron chi connectivity index (χ3n) is 9.20. The summed E-state index contributed by atoms with van der Waals surface area (Å²) in [6.07, 6.45) is 16.0. The van der Waals surface area contributed by atoms with Crippen LogP contribution in [0, 0.1) is 19.8 Å². The minimum Gasteiger partial charge on any atom is -0.352 e. The Morgan fingerprint density at radius 1 is 1.02 bits per heavy atom. The van der Waals surface area contributed by atoms with E-state index in [0.717, 1.165) is 70.8 Å². The Kier molecular flexibility index (Phi) is 7.40. The summed E-state index contributed by atoms with van der Waals surface area (Å²) in [5.74, 6) is 1.59. The zero-order chi connectivity index (χ0) is 28.6. The predicted octanol–water partition coefficient (Wildman–Crippen LogP) is 5.77. The van der Waals surface area contributed by atoms with Gasteiger partial charge in [-0.25, -0.2) is 9.97 Å². The van der Waals surface area contributed by atoms with Gasteiger partial charge < -0.3 is 4.90 Å². The van der Waals surface area contributed by atoms with Crippen LogP contribution in [0.15, 0.2) is 36.5 Å². The van der Waals surface area contributed by atoms with Crippen LogP contribution in [0.1, 0.15) is 77.8 Å². The fourth-order valence-electron chi connectivity index (χ4n) is 6.80. The Hall–Kier alpha value is -3.78. The van der Waals surface area contributed by atoms with E-state index in [1.54, 1.807) is 11.3 Å². The molecule has 4 aromatic rings. The summed E-state index contributed by atoms with van der Waals surface area (Å²) in [6.45, 7) is 6.81. The number of benzene rings is 1. The van der Waals surface area contributed by atoms with Crippen molar-refractivity contribution in [3.8, 4) is 11.1 Å². The number of anilines is 2. The average Bonchev–Trinajstić information content (AvgIpc) is 3.59. The summed E-state index contributed by atoms with van der Waals surface area (Å²) in [7, 11) is 0. The van der Waals surface area contributed by atoms with Crippen LogP contribution < -0.4 is 20.1 Å². The maximum Gasteiger partial charge on any atom is 0.257 e. The lowest BCUT2D eigenvalue weighted by atomic mass is 9.89. The number of pyridine rings is 1. The second kappa shape index (κ2) is 11.5. The summed E-state index contributed by atoms with van der Waals surface area (Å²) in [6, 6.07) is 10.4. The highest BCUT2D eigenvalue weighted by Crippen LogP contribution is 2.32. The molecule has 3 aliphatic rings. The molecule has 1 saturated carbocycles. The van der Waals surface area contributed by atoms with Gasteiger partial charge in [0.1, 0.15) is 5.82 Å². The van der Waals surface area contributed by atoms with Crippen molar-refractivity contribution in [3.05, 3.63) is 74.5 Å². The summed E-state index contributed by atoms with van der Waals surface area (Å²) in [5, 5.41) is 9.49. The number of hydrogen-bond donors (Lipinski definition) is 1. The standard InChI is InChI=1S/C34H38N6OS/c1-22-26(28-19-35-40(23(28)2)20-24-9-4-3-5-10-24)15-16-32(36-22)39-18-17-25-11-8-12-27(29(25)21-39)33(41)38-34-37-30-13-6-7-14-31(30)42-34/h8,11-16,19,24H,3-7,9-10,17-18,20-21H2,1-2H3,(H,37,38,41). The molecule has 0 spiro atoms. The molecule has 0 unspecified atom stereocenters. The second-order valence-corrected chi connectivity index (χ2v) is 13.0. The molecule has 1 amide bonds. The Morgan fingerprint density at radius 2 is 1.88 bits per heavy atom. The molecule has 1 aromatic carbocycles. The van der Waals surface area contributed by atoms with Gasteiger partial charge in [-0.1, -0.05) is 54.9 Å². The number of rotatable bonds is 6. The van der Waals surface area contributed by atoms with E-state index in [0.29, 0.717) is 17.2 Å². The number of amides is 1. The third kappa shape index (κ3) is 5.28. The Morgan fingerprint density at radius 3 is 2.71 bits per heavy atom. The zero-order valence-corrected chi connectivity index (χ0v) is 25.3. The molecule has 0 radical (unpaired) electrons. The van der Waals surface area contributed by atoms with Crippen molar-refractivity contribution in [2.75, 3.05) is 16.8 Å². The molecule has 1 aliphatic heterocycles. The van der Waals surface area contributed by atoms with Crippen LogP contribution in [0.25, 0.3) is 23.3 Å². The Bertz CT molecular complexity index is 1730. The molecule has 7 nitrogen and oxygen atoms in total. The summed E-state index contributed by atoms with van der Waals surface area (Å²) < 4.78 is 3.35. The van der Waals surface area contributed by atoms with E-state index in [1.807, 2.05) is 18.3 Å². The molecular formula is C34H38N6OS. The van der Waals surface area contributed by atoms with Gasteiger partial charge in [0.25, 0.3) is 5.91 Å². The molecule has 42 heavy (non-hydrogen) atoms. The number of fused-ring (bicyclic) bond motifs is 2. The van der Waals surface area contributed by atoms with E-state index in [2.05, 4.69) is 64.1 Å². The molecule has 0 saturated heterocycles. The summed E-state index contributed by atoms with van der Waals surface area (Å²) in [5.41, 5.74) is 7.56. The van der Waals surface area contributed by atoms with Gasteiger partial charge in [-0.05, 0) is 81.2 Å². The van der Waals surface area contributed by atoms with E-state index in [-0.39, 0.29) is 5.91 Å². The van der Waals surface area contributed by atoms with Crippen LogP contribution in [-0.2, 0) is 19.5 Å². The van der Waals surface area contributed by atoms with Gasteiger partial charge in [0.2, 0.25) is 0 Å². The normalized spacial score (nSPS) is 16.8. The lowest BCUT2D eigenvalue weighted by molar-refractivity contribution is 0.102. The van der Waals surface area contributed by atoms with Crippen LogP contribution >= 0.6 is 11.3 Å². The van der Waals surface area contributed by atoms with Crippen molar-refractivity contribution < 1.29 is 4.79 Å². The van der Waals surface area contributed by atoms with E-state index in [4.69, 9.17) is 10.1 Å². The highest BCUT2D eigenvalue weighted by molar-refractivity contribution is 7.13. The number of aryl methyl sites for hydroxylation is 1. The molecule has 0 bridgehead atoms. The maximum absolute atomic E-state index is 13.5. The van der Waals surface area contributed by atoms with Crippen LogP contribution in [0.2, 0.25) is 0 Å². The highest BCUT2D eigenvalue weighted by atomic mass is 32.1. The van der Waals surface area contributed by atoms with Crippen LogP contribution in [-0.4, -0.2) is 32.2 Å². The SMILES string of the molecule is Cc1nc(N2CCc3cccc(C(=O)Nc4nc5c(s4)=CCCC=5)c3C2)ccc1-c1cnn(CC2CCCCC2)c1C. The van der Waals surface area contributed by atoms with Crippen molar-refractivity contribution in [1.82, 2.24) is 19.7 Å².